The van der Waals surface area contributed by atoms with Crippen molar-refractivity contribution < 1.29 is 4.79 Å². The van der Waals surface area contributed by atoms with E-state index in [2.05, 4.69) is 17.1 Å². The van der Waals surface area contributed by atoms with Crippen molar-refractivity contribution >= 4 is 23.2 Å². The first-order chi connectivity index (χ1) is 9.54. The second-order valence-corrected chi connectivity index (χ2v) is 6.32. The predicted octanol–water partition coefficient (Wildman–Crippen LogP) is 2.48. The van der Waals surface area contributed by atoms with Crippen LogP contribution in [0.15, 0.2) is 18.2 Å². The second-order valence-electron chi connectivity index (χ2n) is 5.91. The van der Waals surface area contributed by atoms with Crippen molar-refractivity contribution in [3.05, 3.63) is 28.8 Å². The van der Waals surface area contributed by atoms with Gasteiger partial charge < -0.3 is 11.1 Å². The van der Waals surface area contributed by atoms with Crippen molar-refractivity contribution in [1.29, 1.82) is 0 Å². The van der Waals surface area contributed by atoms with Crippen LogP contribution < -0.4 is 11.1 Å². The van der Waals surface area contributed by atoms with Crippen LogP contribution in [0.3, 0.4) is 0 Å². The first kappa shape index (κ1) is 13.7. The molecule has 20 heavy (non-hydrogen) atoms. The van der Waals surface area contributed by atoms with Gasteiger partial charge in [0.15, 0.2) is 0 Å². The highest BCUT2D eigenvalue weighted by atomic mass is 35.5. The maximum Gasteiger partial charge on any atom is 0.248 e. The molecule has 3 rings (SSSR count). The van der Waals surface area contributed by atoms with Gasteiger partial charge in [0.1, 0.15) is 0 Å². The molecule has 1 aromatic carbocycles. The van der Waals surface area contributed by atoms with Crippen LogP contribution in [0.1, 0.15) is 36.5 Å². The highest BCUT2D eigenvalue weighted by molar-refractivity contribution is 6.33. The van der Waals surface area contributed by atoms with E-state index in [4.69, 9.17) is 17.3 Å². The van der Waals surface area contributed by atoms with Gasteiger partial charge in [-0.15, -0.1) is 0 Å². The smallest absolute Gasteiger partial charge is 0.248 e. The third-order valence-corrected chi connectivity index (χ3v) is 4.58. The Labute approximate surface area is 124 Å². The van der Waals surface area contributed by atoms with Gasteiger partial charge in [-0.1, -0.05) is 11.6 Å². The molecule has 0 radical (unpaired) electrons. The third kappa shape index (κ3) is 2.76. The summed E-state index contributed by atoms with van der Waals surface area (Å²) >= 11 is 6.20. The molecule has 2 unspecified atom stereocenters. The van der Waals surface area contributed by atoms with Crippen LogP contribution in [0.5, 0.6) is 0 Å². The van der Waals surface area contributed by atoms with Crippen molar-refractivity contribution in [3.63, 3.8) is 0 Å². The summed E-state index contributed by atoms with van der Waals surface area (Å²) in [7, 11) is 0. The number of rotatable bonds is 4. The Kier molecular flexibility index (Phi) is 3.61. The summed E-state index contributed by atoms with van der Waals surface area (Å²) in [5.41, 5.74) is 6.61. The topological polar surface area (TPSA) is 58.4 Å². The molecule has 3 N–H and O–H groups in total. The van der Waals surface area contributed by atoms with E-state index in [1.165, 1.54) is 12.8 Å². The summed E-state index contributed by atoms with van der Waals surface area (Å²) < 4.78 is 0. The van der Waals surface area contributed by atoms with Gasteiger partial charge in [-0.05, 0) is 44.4 Å². The number of nitrogens with zero attached hydrogens (tertiary/aromatic N) is 1. The van der Waals surface area contributed by atoms with Gasteiger partial charge in [0, 0.05) is 30.2 Å². The van der Waals surface area contributed by atoms with Gasteiger partial charge >= 0.3 is 0 Å². The maximum atomic E-state index is 11.2. The van der Waals surface area contributed by atoms with Crippen LogP contribution in [0.4, 0.5) is 5.69 Å². The first-order valence-electron chi connectivity index (χ1n) is 7.16. The number of primary amides is 1. The number of likely N-dealkylation sites (tertiary alicyclic amines) is 1. The molecule has 2 atom stereocenters. The summed E-state index contributed by atoms with van der Waals surface area (Å²) in [5.74, 6) is -0.427. The average Bonchev–Trinajstić information content (AvgIpc) is 3.17. The standard InChI is InChI=1S/C15H20ClN3O/c1-9-6-11(8-19(9)12-3-4-12)18-14-7-10(15(17)20)2-5-13(14)16/h2,5,7,9,11-12,18H,3-4,6,8H2,1H3,(H2,17,20). The van der Waals surface area contributed by atoms with Gasteiger partial charge in [-0.3, -0.25) is 9.69 Å². The molecule has 1 heterocycles. The number of hydrogen-bond donors (Lipinski definition) is 2. The molecular weight excluding hydrogens is 274 g/mol. The Morgan fingerprint density at radius 3 is 2.85 bits per heavy atom. The molecule has 108 valence electrons. The number of benzene rings is 1. The molecule has 0 bridgehead atoms. The Morgan fingerprint density at radius 2 is 2.20 bits per heavy atom. The van der Waals surface area contributed by atoms with Gasteiger partial charge in [0.25, 0.3) is 0 Å². The van der Waals surface area contributed by atoms with E-state index in [0.717, 1.165) is 24.7 Å². The van der Waals surface area contributed by atoms with Crippen LogP contribution in [0.25, 0.3) is 0 Å². The molecule has 2 aliphatic rings. The third-order valence-electron chi connectivity index (χ3n) is 4.25. The lowest BCUT2D eigenvalue weighted by Crippen LogP contribution is -2.31. The minimum atomic E-state index is -0.427. The lowest BCUT2D eigenvalue weighted by molar-refractivity contribution is 0.100. The Morgan fingerprint density at radius 1 is 1.45 bits per heavy atom. The number of halogens is 1. The SMILES string of the molecule is CC1CC(Nc2cc(C(N)=O)ccc2Cl)CN1C1CC1. The number of nitrogens with one attached hydrogen (secondary N) is 1. The van der Waals surface area contributed by atoms with Crippen molar-refractivity contribution in [2.75, 3.05) is 11.9 Å². The molecule has 1 saturated carbocycles. The molecule has 1 aliphatic carbocycles. The Balaban J connectivity index is 1.71. The fourth-order valence-corrected chi connectivity index (χ4v) is 3.26. The molecule has 0 spiro atoms. The van der Waals surface area contributed by atoms with Crippen LogP contribution in [0, 0.1) is 0 Å². The first-order valence-corrected chi connectivity index (χ1v) is 7.54. The Bertz CT molecular complexity index is 530. The van der Waals surface area contributed by atoms with Gasteiger partial charge in [-0.25, -0.2) is 0 Å². The summed E-state index contributed by atoms with van der Waals surface area (Å²) in [6.45, 7) is 3.32. The zero-order chi connectivity index (χ0) is 14.3. The van der Waals surface area contributed by atoms with Crippen LogP contribution >= 0.6 is 11.6 Å². The zero-order valence-electron chi connectivity index (χ0n) is 11.6. The van der Waals surface area contributed by atoms with E-state index in [1.54, 1.807) is 18.2 Å². The lowest BCUT2D eigenvalue weighted by atomic mass is 10.1. The summed E-state index contributed by atoms with van der Waals surface area (Å²) in [5, 5.41) is 4.10. The minimum absolute atomic E-state index is 0.381. The maximum absolute atomic E-state index is 11.2. The lowest BCUT2D eigenvalue weighted by Gasteiger charge is -2.20. The van der Waals surface area contributed by atoms with E-state index < -0.39 is 5.91 Å². The quantitative estimate of drug-likeness (QED) is 0.896. The average molecular weight is 294 g/mol. The molecule has 0 aromatic heterocycles. The van der Waals surface area contributed by atoms with Gasteiger partial charge in [0.2, 0.25) is 5.91 Å². The second kappa shape index (κ2) is 5.26. The molecular formula is C15H20ClN3O. The molecule has 5 heteroatoms. The monoisotopic (exact) mass is 293 g/mol. The predicted molar refractivity (Wildman–Crippen MR) is 81.2 cm³/mol. The largest absolute Gasteiger partial charge is 0.380 e. The normalized spacial score (nSPS) is 26.7. The van der Waals surface area contributed by atoms with E-state index in [9.17, 15) is 4.79 Å². The van der Waals surface area contributed by atoms with Crippen LogP contribution in [-0.2, 0) is 0 Å². The fraction of sp³-hybridized carbons (Fsp3) is 0.533. The van der Waals surface area contributed by atoms with Crippen LogP contribution in [-0.4, -0.2) is 35.5 Å². The number of carbonyl (C=O) groups is 1. The number of hydrogen-bond acceptors (Lipinski definition) is 3. The molecule has 2 fully saturated rings. The van der Waals surface area contributed by atoms with E-state index in [0.29, 0.717) is 22.7 Å². The minimum Gasteiger partial charge on any atom is -0.380 e. The van der Waals surface area contributed by atoms with Crippen molar-refractivity contribution in [1.82, 2.24) is 4.90 Å². The highest BCUT2D eigenvalue weighted by Crippen LogP contribution is 2.34. The molecule has 1 aliphatic heterocycles. The Hall–Kier alpha value is -1.26. The zero-order valence-corrected chi connectivity index (χ0v) is 12.4. The van der Waals surface area contributed by atoms with E-state index >= 15 is 0 Å². The van der Waals surface area contributed by atoms with Crippen molar-refractivity contribution in [2.24, 2.45) is 5.73 Å². The van der Waals surface area contributed by atoms with Crippen molar-refractivity contribution in [3.8, 4) is 0 Å². The highest BCUT2D eigenvalue weighted by Gasteiger charge is 2.38. The summed E-state index contributed by atoms with van der Waals surface area (Å²) in [6, 6.07) is 6.90. The molecule has 4 nitrogen and oxygen atoms in total. The number of amides is 1. The molecule has 1 amide bonds. The summed E-state index contributed by atoms with van der Waals surface area (Å²) in [4.78, 5) is 13.8. The number of nitrogens with two attached hydrogens (primary N) is 1. The van der Waals surface area contributed by atoms with Crippen molar-refractivity contribution in [2.45, 2.75) is 44.3 Å². The molecule has 1 aromatic rings. The van der Waals surface area contributed by atoms with Gasteiger partial charge in [0.05, 0.1) is 10.7 Å². The van der Waals surface area contributed by atoms with E-state index in [-0.39, 0.29) is 0 Å². The van der Waals surface area contributed by atoms with E-state index in [1.807, 2.05) is 0 Å². The number of anilines is 1. The fourth-order valence-electron chi connectivity index (χ4n) is 3.08. The number of carbonyl (C=O) groups excluding carboxylic acids is 1. The van der Waals surface area contributed by atoms with Gasteiger partial charge in [-0.2, -0.15) is 0 Å². The van der Waals surface area contributed by atoms with Crippen LogP contribution in [0.2, 0.25) is 5.02 Å². The molecule has 1 saturated heterocycles. The summed E-state index contributed by atoms with van der Waals surface area (Å²) in [6.07, 6.45) is 3.76.